The zero-order valence-corrected chi connectivity index (χ0v) is 23.6. The van der Waals surface area contributed by atoms with Crippen LogP contribution in [-0.2, 0) is 34.3 Å². The van der Waals surface area contributed by atoms with Gasteiger partial charge in [0.2, 0.25) is 10.0 Å². The highest BCUT2D eigenvalue weighted by atomic mass is 32.2. The Kier molecular flexibility index (Phi) is 7.88. The molecule has 5 rings (SSSR count). The number of nitrogens with one attached hydrogen (secondary N) is 1. The Morgan fingerprint density at radius 1 is 1.05 bits per heavy atom. The number of carbonyl (C=O) groups is 2. The number of thiophene rings is 1. The molecule has 3 N–H and O–H groups in total. The number of nitrogens with zero attached hydrogens (tertiary/aromatic N) is 2. The van der Waals surface area contributed by atoms with Gasteiger partial charge in [0, 0.05) is 43.2 Å². The minimum atomic E-state index is -3.72. The van der Waals surface area contributed by atoms with E-state index in [4.69, 9.17) is 10.5 Å². The zero-order valence-electron chi connectivity index (χ0n) is 21.9. The standard InChI is InChI=1S/C28H32N4O5S2/c1-18-14-32(15-19(2)37-18)39(35,36)22-10-8-21(9-11-22)27(34)30-28-25(26(29)33)23-12-13-31(17-24(23)38-28)16-20-6-4-3-5-7-20/h3-11,18-19H,12-17H2,1-2H3,(H2,29,33)(H,30,34)/t18-,19+. The van der Waals surface area contributed by atoms with E-state index in [9.17, 15) is 18.0 Å². The van der Waals surface area contributed by atoms with E-state index in [1.54, 1.807) is 0 Å². The van der Waals surface area contributed by atoms with Crippen LogP contribution in [0.5, 0.6) is 0 Å². The maximum absolute atomic E-state index is 13.1. The lowest BCUT2D eigenvalue weighted by atomic mass is 10.0. The molecular weight excluding hydrogens is 536 g/mol. The first kappa shape index (κ1) is 27.5. The average molecular weight is 569 g/mol. The highest BCUT2D eigenvalue weighted by Gasteiger charge is 2.32. The molecule has 9 nitrogen and oxygen atoms in total. The van der Waals surface area contributed by atoms with Crippen molar-refractivity contribution in [1.29, 1.82) is 0 Å². The predicted octanol–water partition coefficient (Wildman–Crippen LogP) is 3.46. The molecule has 2 aliphatic rings. The van der Waals surface area contributed by atoms with Crippen molar-refractivity contribution in [3.05, 3.63) is 81.7 Å². The fraction of sp³-hybridized carbons (Fsp3) is 0.357. The van der Waals surface area contributed by atoms with Gasteiger partial charge in [0.15, 0.2) is 0 Å². The number of nitrogens with two attached hydrogens (primary N) is 1. The first-order valence-electron chi connectivity index (χ1n) is 12.9. The summed E-state index contributed by atoms with van der Waals surface area (Å²) < 4.78 is 33.3. The lowest BCUT2D eigenvalue weighted by molar-refractivity contribution is -0.0440. The number of anilines is 1. The van der Waals surface area contributed by atoms with Gasteiger partial charge >= 0.3 is 0 Å². The summed E-state index contributed by atoms with van der Waals surface area (Å²) in [6.45, 7) is 6.47. The molecule has 2 atom stereocenters. The van der Waals surface area contributed by atoms with Crippen molar-refractivity contribution >= 4 is 38.2 Å². The molecule has 2 amide bonds. The molecule has 1 fully saturated rings. The van der Waals surface area contributed by atoms with Crippen LogP contribution in [0.15, 0.2) is 59.5 Å². The van der Waals surface area contributed by atoms with E-state index in [1.807, 2.05) is 32.0 Å². The molecule has 0 radical (unpaired) electrons. The molecule has 0 saturated carbocycles. The Hall–Kier alpha value is -3.09. The van der Waals surface area contributed by atoms with E-state index < -0.39 is 21.8 Å². The molecule has 3 heterocycles. The smallest absolute Gasteiger partial charge is 0.256 e. The molecule has 2 aromatic carbocycles. The van der Waals surface area contributed by atoms with Gasteiger partial charge in [0.1, 0.15) is 5.00 Å². The maximum Gasteiger partial charge on any atom is 0.256 e. The molecule has 1 saturated heterocycles. The average Bonchev–Trinajstić information content (AvgIpc) is 3.26. The topological polar surface area (TPSA) is 122 Å². The van der Waals surface area contributed by atoms with Gasteiger partial charge in [-0.2, -0.15) is 4.31 Å². The number of ether oxygens (including phenoxy) is 1. The van der Waals surface area contributed by atoms with Crippen LogP contribution in [0.4, 0.5) is 5.00 Å². The van der Waals surface area contributed by atoms with Gasteiger partial charge in [-0.05, 0) is 55.7 Å². The largest absolute Gasteiger partial charge is 0.373 e. The Labute approximate surface area is 232 Å². The Morgan fingerprint density at radius 3 is 2.36 bits per heavy atom. The third kappa shape index (κ3) is 5.92. The highest BCUT2D eigenvalue weighted by Crippen LogP contribution is 2.37. The number of morpholine rings is 1. The molecule has 39 heavy (non-hydrogen) atoms. The van der Waals surface area contributed by atoms with Crippen LogP contribution >= 0.6 is 11.3 Å². The second-order valence-electron chi connectivity index (χ2n) is 10.1. The van der Waals surface area contributed by atoms with Crippen molar-refractivity contribution in [2.45, 2.75) is 50.5 Å². The van der Waals surface area contributed by atoms with Gasteiger partial charge in [-0.25, -0.2) is 8.42 Å². The summed E-state index contributed by atoms with van der Waals surface area (Å²) in [5.74, 6) is -1.01. The summed E-state index contributed by atoms with van der Waals surface area (Å²) in [4.78, 5) is 28.9. The number of hydrogen-bond acceptors (Lipinski definition) is 7. The fourth-order valence-electron chi connectivity index (χ4n) is 5.21. The molecule has 11 heteroatoms. The number of fused-ring (bicyclic) bond motifs is 1. The van der Waals surface area contributed by atoms with Crippen molar-refractivity contribution in [3.8, 4) is 0 Å². The molecule has 0 unspecified atom stereocenters. The van der Waals surface area contributed by atoms with Gasteiger partial charge in [-0.3, -0.25) is 14.5 Å². The Morgan fingerprint density at radius 2 is 1.72 bits per heavy atom. The number of amides is 2. The monoisotopic (exact) mass is 568 g/mol. The second-order valence-corrected chi connectivity index (χ2v) is 13.1. The highest BCUT2D eigenvalue weighted by molar-refractivity contribution is 7.89. The Bertz CT molecular complexity index is 1460. The third-order valence-corrected chi connectivity index (χ3v) is 9.98. The van der Waals surface area contributed by atoms with Crippen LogP contribution in [0.2, 0.25) is 0 Å². The van der Waals surface area contributed by atoms with Crippen molar-refractivity contribution in [2.24, 2.45) is 5.73 Å². The first-order valence-corrected chi connectivity index (χ1v) is 15.1. The number of benzene rings is 2. The summed E-state index contributed by atoms with van der Waals surface area (Å²) in [7, 11) is -3.72. The SMILES string of the molecule is C[C@@H]1CN(S(=O)(=O)c2ccc(C(=O)Nc3sc4c(c3C(N)=O)CCN(Cc3ccccc3)C4)cc2)C[C@H](C)O1. The summed E-state index contributed by atoms with van der Waals surface area (Å²) in [5.41, 5.74) is 8.48. The van der Waals surface area contributed by atoms with E-state index in [0.29, 0.717) is 23.5 Å². The number of hydrogen-bond donors (Lipinski definition) is 2. The van der Waals surface area contributed by atoms with Crippen LogP contribution in [0.3, 0.4) is 0 Å². The summed E-state index contributed by atoms with van der Waals surface area (Å²) in [6, 6.07) is 16.0. The molecule has 3 aromatic rings. The van der Waals surface area contributed by atoms with Gasteiger partial charge in [-0.15, -0.1) is 11.3 Å². The third-order valence-electron chi connectivity index (χ3n) is 7.00. The molecule has 206 valence electrons. The number of primary amides is 1. The van der Waals surface area contributed by atoms with E-state index in [0.717, 1.165) is 23.5 Å². The lowest BCUT2D eigenvalue weighted by Gasteiger charge is -2.34. The fourth-order valence-corrected chi connectivity index (χ4v) is 8.09. The van der Waals surface area contributed by atoms with Crippen LogP contribution in [0, 0.1) is 0 Å². The number of carbonyl (C=O) groups excluding carboxylic acids is 2. The molecule has 0 spiro atoms. The van der Waals surface area contributed by atoms with Crippen molar-refractivity contribution < 1.29 is 22.7 Å². The zero-order chi connectivity index (χ0) is 27.7. The molecule has 1 aromatic heterocycles. The summed E-state index contributed by atoms with van der Waals surface area (Å²) >= 11 is 1.37. The van der Waals surface area contributed by atoms with E-state index >= 15 is 0 Å². The summed E-state index contributed by atoms with van der Waals surface area (Å²) in [5, 5.41) is 3.27. The quantitative estimate of drug-likeness (QED) is 0.450. The maximum atomic E-state index is 13.1. The normalized spacial score (nSPS) is 20.4. The minimum absolute atomic E-state index is 0.114. The van der Waals surface area contributed by atoms with E-state index in [2.05, 4.69) is 22.3 Å². The number of sulfonamides is 1. The first-order chi connectivity index (χ1) is 18.6. The molecular formula is C28H32N4O5S2. The molecule has 0 bridgehead atoms. The summed E-state index contributed by atoms with van der Waals surface area (Å²) in [6.07, 6.45) is 0.267. The van der Waals surface area contributed by atoms with Crippen molar-refractivity contribution in [3.63, 3.8) is 0 Å². The predicted molar refractivity (Wildman–Crippen MR) is 150 cm³/mol. The van der Waals surface area contributed by atoms with Crippen LogP contribution < -0.4 is 11.1 Å². The van der Waals surface area contributed by atoms with Gasteiger partial charge < -0.3 is 15.8 Å². The van der Waals surface area contributed by atoms with Crippen LogP contribution in [-0.4, -0.2) is 61.3 Å². The van der Waals surface area contributed by atoms with Crippen LogP contribution in [0.25, 0.3) is 0 Å². The van der Waals surface area contributed by atoms with Crippen LogP contribution in [0.1, 0.15) is 50.6 Å². The Balaban J connectivity index is 1.31. The number of rotatable bonds is 7. The minimum Gasteiger partial charge on any atom is -0.373 e. The van der Waals surface area contributed by atoms with Crippen molar-refractivity contribution in [1.82, 2.24) is 9.21 Å². The lowest BCUT2D eigenvalue weighted by Crippen LogP contribution is -2.48. The molecule has 0 aliphatic carbocycles. The van der Waals surface area contributed by atoms with Crippen molar-refractivity contribution in [2.75, 3.05) is 25.0 Å². The molecule has 2 aliphatic heterocycles. The van der Waals surface area contributed by atoms with E-state index in [1.165, 1.54) is 45.5 Å². The van der Waals surface area contributed by atoms with E-state index in [-0.39, 0.29) is 35.8 Å². The van der Waals surface area contributed by atoms with Gasteiger partial charge in [0.05, 0.1) is 22.7 Å². The van der Waals surface area contributed by atoms with Gasteiger partial charge in [-0.1, -0.05) is 30.3 Å². The second kappa shape index (κ2) is 11.2. The van der Waals surface area contributed by atoms with Gasteiger partial charge in [0.25, 0.3) is 11.8 Å².